The third-order valence-corrected chi connectivity index (χ3v) is 5.69. The average molecular weight is 323 g/mol. The first kappa shape index (κ1) is 14.2. The third-order valence-electron chi connectivity index (χ3n) is 5.37. The lowest BCUT2D eigenvalue weighted by Gasteiger charge is -2.25. The van der Waals surface area contributed by atoms with E-state index in [1.54, 1.807) is 6.07 Å². The summed E-state index contributed by atoms with van der Waals surface area (Å²) >= 11 is 6.42. The Labute approximate surface area is 134 Å². The largest absolute Gasteiger partial charge is 0.481 e. The standard InChI is InChI=1S/C17H19ClO4/c18-12-10-14-13(21-17(22-14)7-3-4-8-17)9-11(12)16(15(19)20)5-1-2-6-16/h9-10H,1-8H2,(H,19,20). The highest BCUT2D eigenvalue weighted by molar-refractivity contribution is 6.32. The summed E-state index contributed by atoms with van der Waals surface area (Å²) < 4.78 is 12.1. The van der Waals surface area contributed by atoms with Crippen LogP contribution in [0.15, 0.2) is 12.1 Å². The van der Waals surface area contributed by atoms with Gasteiger partial charge in [-0.15, -0.1) is 0 Å². The molecule has 0 unspecified atom stereocenters. The maximum Gasteiger partial charge on any atom is 0.314 e. The van der Waals surface area contributed by atoms with E-state index in [9.17, 15) is 9.90 Å². The van der Waals surface area contributed by atoms with E-state index in [0.29, 0.717) is 34.9 Å². The summed E-state index contributed by atoms with van der Waals surface area (Å²) in [4.78, 5) is 11.9. The first-order valence-corrected chi connectivity index (χ1v) is 8.38. The van der Waals surface area contributed by atoms with Gasteiger partial charge in [-0.25, -0.2) is 0 Å². The zero-order valence-corrected chi connectivity index (χ0v) is 13.1. The van der Waals surface area contributed by atoms with Crippen molar-refractivity contribution >= 4 is 17.6 Å². The minimum Gasteiger partial charge on any atom is -0.481 e. The minimum absolute atomic E-state index is 0.474. The Kier molecular flexibility index (Phi) is 3.09. The molecule has 22 heavy (non-hydrogen) atoms. The predicted octanol–water partition coefficient (Wildman–Crippen LogP) is 4.28. The molecule has 0 atom stereocenters. The number of carbonyl (C=O) groups is 1. The van der Waals surface area contributed by atoms with Crippen LogP contribution in [-0.4, -0.2) is 16.9 Å². The average Bonchev–Trinajstić information content (AvgIpc) is 3.18. The van der Waals surface area contributed by atoms with Gasteiger partial charge in [-0.1, -0.05) is 24.4 Å². The van der Waals surface area contributed by atoms with Crippen molar-refractivity contribution < 1.29 is 19.4 Å². The molecule has 0 aromatic heterocycles. The van der Waals surface area contributed by atoms with E-state index in [1.807, 2.05) is 6.07 Å². The van der Waals surface area contributed by atoms with Crippen LogP contribution in [0.4, 0.5) is 0 Å². The Hall–Kier alpha value is -1.42. The van der Waals surface area contributed by atoms with Crippen LogP contribution in [0.5, 0.6) is 11.5 Å². The number of fused-ring (bicyclic) bond motifs is 1. The van der Waals surface area contributed by atoms with Crippen molar-refractivity contribution in [3.8, 4) is 11.5 Å². The van der Waals surface area contributed by atoms with Crippen LogP contribution in [0.3, 0.4) is 0 Å². The number of hydrogen-bond acceptors (Lipinski definition) is 3. The molecule has 0 radical (unpaired) electrons. The van der Waals surface area contributed by atoms with E-state index in [2.05, 4.69) is 0 Å². The second-order valence-corrected chi connectivity index (χ2v) is 7.10. The van der Waals surface area contributed by atoms with Crippen LogP contribution in [0.25, 0.3) is 0 Å². The monoisotopic (exact) mass is 322 g/mol. The summed E-state index contributed by atoms with van der Waals surface area (Å²) in [6, 6.07) is 3.55. The Balaban J connectivity index is 1.76. The van der Waals surface area contributed by atoms with Crippen molar-refractivity contribution in [2.75, 3.05) is 0 Å². The quantitative estimate of drug-likeness (QED) is 0.883. The van der Waals surface area contributed by atoms with Gasteiger partial charge in [0.05, 0.1) is 5.41 Å². The maximum absolute atomic E-state index is 11.9. The van der Waals surface area contributed by atoms with Crippen molar-refractivity contribution in [1.29, 1.82) is 0 Å². The van der Waals surface area contributed by atoms with Gasteiger partial charge < -0.3 is 14.6 Å². The van der Waals surface area contributed by atoms with Crippen LogP contribution in [-0.2, 0) is 10.2 Å². The zero-order chi connectivity index (χ0) is 15.4. The number of ether oxygens (including phenoxy) is 2. The Morgan fingerprint density at radius 2 is 1.55 bits per heavy atom. The molecule has 0 amide bonds. The number of rotatable bonds is 2. The highest BCUT2D eigenvalue weighted by Crippen LogP contribution is 2.52. The van der Waals surface area contributed by atoms with E-state index < -0.39 is 17.2 Å². The molecule has 3 aliphatic rings. The predicted molar refractivity (Wildman–Crippen MR) is 81.7 cm³/mol. The number of aliphatic carboxylic acids is 1. The molecule has 1 aromatic rings. The van der Waals surface area contributed by atoms with Gasteiger partial charge in [-0.2, -0.15) is 0 Å². The van der Waals surface area contributed by atoms with Gasteiger partial charge in [-0.3, -0.25) is 4.79 Å². The Morgan fingerprint density at radius 1 is 1.00 bits per heavy atom. The van der Waals surface area contributed by atoms with Gasteiger partial charge in [-0.05, 0) is 37.3 Å². The lowest BCUT2D eigenvalue weighted by atomic mass is 9.79. The number of halogens is 1. The van der Waals surface area contributed by atoms with E-state index in [-0.39, 0.29) is 0 Å². The van der Waals surface area contributed by atoms with E-state index in [4.69, 9.17) is 21.1 Å². The van der Waals surface area contributed by atoms with Crippen molar-refractivity contribution in [2.24, 2.45) is 0 Å². The highest BCUT2D eigenvalue weighted by Gasteiger charge is 2.48. The number of hydrogen-bond donors (Lipinski definition) is 1. The van der Waals surface area contributed by atoms with E-state index in [1.165, 1.54) is 0 Å². The van der Waals surface area contributed by atoms with Crippen LogP contribution in [0, 0.1) is 0 Å². The number of carboxylic acids is 1. The lowest BCUT2D eigenvalue weighted by molar-refractivity contribution is -0.143. The Bertz CT molecular complexity index is 628. The molecule has 0 bridgehead atoms. The molecule has 2 fully saturated rings. The van der Waals surface area contributed by atoms with Crippen LogP contribution >= 0.6 is 11.6 Å². The maximum atomic E-state index is 11.9. The van der Waals surface area contributed by atoms with Gasteiger partial charge >= 0.3 is 5.97 Å². The topological polar surface area (TPSA) is 55.8 Å². The van der Waals surface area contributed by atoms with Gasteiger partial charge in [0, 0.05) is 23.9 Å². The fraction of sp³-hybridized carbons (Fsp3) is 0.588. The fourth-order valence-corrected chi connectivity index (χ4v) is 4.51. The summed E-state index contributed by atoms with van der Waals surface area (Å²) in [5.41, 5.74) is -0.197. The zero-order valence-electron chi connectivity index (χ0n) is 12.4. The van der Waals surface area contributed by atoms with Gasteiger partial charge in [0.2, 0.25) is 0 Å². The summed E-state index contributed by atoms with van der Waals surface area (Å²) in [6.45, 7) is 0. The lowest BCUT2D eigenvalue weighted by Crippen LogP contribution is -2.34. The normalized spacial score (nSPS) is 24.0. The van der Waals surface area contributed by atoms with Crippen LogP contribution < -0.4 is 9.47 Å². The molecule has 1 N–H and O–H groups in total. The Morgan fingerprint density at radius 3 is 2.14 bits per heavy atom. The molecule has 1 aromatic carbocycles. The second kappa shape index (κ2) is 4.79. The number of carboxylic acid groups (broad SMARTS) is 1. The van der Waals surface area contributed by atoms with Gasteiger partial charge in [0.15, 0.2) is 11.5 Å². The third kappa shape index (κ3) is 1.93. The smallest absolute Gasteiger partial charge is 0.314 e. The molecule has 2 aliphatic carbocycles. The van der Waals surface area contributed by atoms with Crippen molar-refractivity contribution in [2.45, 2.75) is 62.6 Å². The molecule has 1 heterocycles. The minimum atomic E-state index is -0.874. The first-order chi connectivity index (χ1) is 10.5. The number of benzene rings is 1. The molecular weight excluding hydrogens is 304 g/mol. The van der Waals surface area contributed by atoms with Gasteiger partial charge in [0.25, 0.3) is 5.79 Å². The molecule has 1 spiro atoms. The summed E-state index contributed by atoms with van der Waals surface area (Å²) in [5, 5.41) is 10.2. The van der Waals surface area contributed by atoms with Crippen molar-refractivity contribution in [1.82, 2.24) is 0 Å². The molecule has 1 aliphatic heterocycles. The molecule has 5 heteroatoms. The first-order valence-electron chi connectivity index (χ1n) is 8.00. The summed E-state index contributed by atoms with van der Waals surface area (Å²) in [7, 11) is 0. The highest BCUT2D eigenvalue weighted by atomic mass is 35.5. The molecule has 4 rings (SSSR count). The summed E-state index contributed by atoms with van der Waals surface area (Å²) in [5.74, 6) is -0.0413. The summed E-state index contributed by atoms with van der Waals surface area (Å²) in [6.07, 6.45) is 7.03. The second-order valence-electron chi connectivity index (χ2n) is 6.70. The van der Waals surface area contributed by atoms with Gasteiger partial charge in [0.1, 0.15) is 0 Å². The van der Waals surface area contributed by atoms with Crippen LogP contribution in [0.2, 0.25) is 5.02 Å². The molecule has 2 saturated carbocycles. The molecule has 118 valence electrons. The van der Waals surface area contributed by atoms with E-state index in [0.717, 1.165) is 38.5 Å². The molecule has 0 saturated heterocycles. The van der Waals surface area contributed by atoms with Crippen LogP contribution in [0.1, 0.15) is 56.9 Å². The molecular formula is C17H19ClO4. The fourth-order valence-electron chi connectivity index (χ4n) is 4.18. The van der Waals surface area contributed by atoms with Crippen molar-refractivity contribution in [3.63, 3.8) is 0 Å². The molecule has 4 nitrogen and oxygen atoms in total. The van der Waals surface area contributed by atoms with E-state index >= 15 is 0 Å². The SMILES string of the molecule is O=C(O)C1(c2cc3c(cc2Cl)OC2(CCCC2)O3)CCCC1. The van der Waals surface area contributed by atoms with Crippen molar-refractivity contribution in [3.05, 3.63) is 22.7 Å².